The molecule has 0 radical (unpaired) electrons. The van der Waals surface area contributed by atoms with E-state index in [-0.39, 0.29) is 5.91 Å². The van der Waals surface area contributed by atoms with Crippen LogP contribution in [0.1, 0.15) is 59.1 Å². The molecule has 1 N–H and O–H groups in total. The van der Waals surface area contributed by atoms with Crippen LogP contribution in [0.4, 0.5) is 0 Å². The molecule has 2 aliphatic rings. The smallest absolute Gasteiger partial charge is 0.263 e. The van der Waals surface area contributed by atoms with Gasteiger partial charge in [0.2, 0.25) is 0 Å². The number of amides is 1. The second kappa shape index (κ2) is 6.93. The lowest BCUT2D eigenvalue weighted by molar-refractivity contribution is 0.0736. The fourth-order valence-electron chi connectivity index (χ4n) is 3.48. The van der Waals surface area contributed by atoms with E-state index in [0.717, 1.165) is 37.4 Å². The summed E-state index contributed by atoms with van der Waals surface area (Å²) in [5.74, 6) is 0.253. The minimum Gasteiger partial charge on any atom is -0.336 e. The SMILES string of the molecule is CCCN(CC1CCCCN1)C(=O)c1cc2c(s1)CCC2. The number of nitrogens with one attached hydrogen (secondary N) is 1. The van der Waals surface area contributed by atoms with Crippen molar-refractivity contribution in [1.82, 2.24) is 10.2 Å². The molecule has 116 valence electrons. The summed E-state index contributed by atoms with van der Waals surface area (Å²) in [4.78, 5) is 17.3. The number of carbonyl (C=O) groups is 1. The Morgan fingerprint density at radius 3 is 3.00 bits per heavy atom. The predicted octanol–water partition coefficient (Wildman–Crippen LogP) is 3.23. The Bertz CT molecular complexity index is 469. The average molecular weight is 306 g/mol. The number of aryl methyl sites for hydroxylation is 2. The van der Waals surface area contributed by atoms with Crippen molar-refractivity contribution in [2.45, 2.75) is 57.9 Å². The van der Waals surface area contributed by atoms with Crippen molar-refractivity contribution in [2.75, 3.05) is 19.6 Å². The normalized spacial score (nSPS) is 21.3. The first-order chi connectivity index (χ1) is 10.3. The fraction of sp³-hybridized carbons (Fsp3) is 0.706. The maximum atomic E-state index is 12.8. The van der Waals surface area contributed by atoms with Crippen LogP contribution in [0, 0.1) is 0 Å². The van der Waals surface area contributed by atoms with Crippen LogP contribution in [0.5, 0.6) is 0 Å². The summed E-state index contributed by atoms with van der Waals surface area (Å²) < 4.78 is 0. The number of rotatable bonds is 5. The van der Waals surface area contributed by atoms with Crippen LogP contribution in [-0.2, 0) is 12.8 Å². The van der Waals surface area contributed by atoms with Crippen molar-refractivity contribution in [3.05, 3.63) is 21.4 Å². The molecule has 1 saturated heterocycles. The van der Waals surface area contributed by atoms with Gasteiger partial charge in [-0.3, -0.25) is 4.79 Å². The van der Waals surface area contributed by atoms with Crippen molar-refractivity contribution in [2.24, 2.45) is 0 Å². The minimum absolute atomic E-state index is 0.253. The zero-order valence-corrected chi connectivity index (χ0v) is 13.8. The van der Waals surface area contributed by atoms with Crippen LogP contribution in [-0.4, -0.2) is 36.5 Å². The first kappa shape index (κ1) is 15.0. The standard InChI is InChI=1S/C17H26N2OS/c1-2-10-19(12-14-7-3-4-9-18-14)17(20)16-11-13-6-5-8-15(13)21-16/h11,14,18H,2-10,12H2,1H3. The van der Waals surface area contributed by atoms with E-state index in [1.807, 2.05) is 0 Å². The molecule has 4 heteroatoms. The molecule has 1 amide bonds. The number of thiophene rings is 1. The van der Waals surface area contributed by atoms with E-state index in [2.05, 4.69) is 23.2 Å². The Morgan fingerprint density at radius 1 is 1.38 bits per heavy atom. The third kappa shape index (κ3) is 3.49. The van der Waals surface area contributed by atoms with Gasteiger partial charge in [0, 0.05) is 24.0 Å². The average Bonchev–Trinajstić information content (AvgIpc) is 3.08. The second-order valence-electron chi connectivity index (χ2n) is 6.31. The zero-order chi connectivity index (χ0) is 14.7. The Kier molecular flexibility index (Phi) is 4.96. The molecule has 0 bridgehead atoms. The first-order valence-electron chi connectivity index (χ1n) is 8.42. The van der Waals surface area contributed by atoms with Crippen molar-refractivity contribution in [3.8, 4) is 0 Å². The molecule has 1 aromatic heterocycles. The highest BCUT2D eigenvalue weighted by Crippen LogP contribution is 2.31. The van der Waals surface area contributed by atoms with Gasteiger partial charge in [-0.15, -0.1) is 11.3 Å². The van der Waals surface area contributed by atoms with E-state index in [4.69, 9.17) is 0 Å². The summed E-state index contributed by atoms with van der Waals surface area (Å²) in [7, 11) is 0. The van der Waals surface area contributed by atoms with E-state index >= 15 is 0 Å². The van der Waals surface area contributed by atoms with E-state index in [9.17, 15) is 4.79 Å². The molecule has 1 aliphatic heterocycles. The number of carbonyl (C=O) groups excluding carboxylic acids is 1. The summed E-state index contributed by atoms with van der Waals surface area (Å²) in [6.45, 7) is 5.00. The van der Waals surface area contributed by atoms with E-state index in [0.29, 0.717) is 6.04 Å². The highest BCUT2D eigenvalue weighted by Gasteiger charge is 2.24. The van der Waals surface area contributed by atoms with E-state index in [1.54, 1.807) is 11.3 Å². The summed E-state index contributed by atoms with van der Waals surface area (Å²) in [5, 5.41) is 3.56. The van der Waals surface area contributed by atoms with Crippen LogP contribution in [0.15, 0.2) is 6.07 Å². The Balaban J connectivity index is 1.67. The van der Waals surface area contributed by atoms with Crippen LogP contribution in [0.25, 0.3) is 0 Å². The third-order valence-corrected chi connectivity index (χ3v) is 5.82. The van der Waals surface area contributed by atoms with Crippen LogP contribution < -0.4 is 5.32 Å². The van der Waals surface area contributed by atoms with E-state index < -0.39 is 0 Å². The maximum Gasteiger partial charge on any atom is 0.263 e. The Labute approximate surface area is 131 Å². The van der Waals surface area contributed by atoms with Crippen molar-refractivity contribution < 1.29 is 4.79 Å². The van der Waals surface area contributed by atoms with Crippen LogP contribution in [0.2, 0.25) is 0 Å². The number of fused-ring (bicyclic) bond motifs is 1. The highest BCUT2D eigenvalue weighted by molar-refractivity contribution is 7.14. The topological polar surface area (TPSA) is 32.3 Å². The second-order valence-corrected chi connectivity index (χ2v) is 7.45. The lowest BCUT2D eigenvalue weighted by Gasteiger charge is -2.30. The molecule has 3 nitrogen and oxygen atoms in total. The van der Waals surface area contributed by atoms with Gasteiger partial charge in [0.25, 0.3) is 5.91 Å². The van der Waals surface area contributed by atoms with Gasteiger partial charge in [-0.2, -0.15) is 0 Å². The number of nitrogens with zero attached hydrogens (tertiary/aromatic N) is 1. The molecule has 0 aromatic carbocycles. The summed E-state index contributed by atoms with van der Waals surface area (Å²) in [5.41, 5.74) is 1.43. The highest BCUT2D eigenvalue weighted by atomic mass is 32.1. The largest absolute Gasteiger partial charge is 0.336 e. The van der Waals surface area contributed by atoms with Crippen LogP contribution >= 0.6 is 11.3 Å². The fourth-order valence-corrected chi connectivity index (χ4v) is 4.70. The third-order valence-electron chi connectivity index (χ3n) is 4.59. The van der Waals surface area contributed by atoms with Gasteiger partial charge in [-0.25, -0.2) is 0 Å². The molecule has 1 aliphatic carbocycles. The number of hydrogen-bond donors (Lipinski definition) is 1. The lowest BCUT2D eigenvalue weighted by Crippen LogP contribution is -2.45. The van der Waals surface area contributed by atoms with Crippen molar-refractivity contribution in [3.63, 3.8) is 0 Å². The molecule has 1 aromatic rings. The molecular formula is C17H26N2OS. The Morgan fingerprint density at radius 2 is 2.29 bits per heavy atom. The summed E-state index contributed by atoms with van der Waals surface area (Å²) in [6, 6.07) is 2.65. The molecule has 1 unspecified atom stereocenters. The number of piperidine rings is 1. The molecule has 2 heterocycles. The first-order valence-corrected chi connectivity index (χ1v) is 9.24. The molecule has 3 rings (SSSR count). The lowest BCUT2D eigenvalue weighted by atomic mass is 10.0. The van der Waals surface area contributed by atoms with Crippen molar-refractivity contribution >= 4 is 17.2 Å². The van der Waals surface area contributed by atoms with Gasteiger partial charge in [-0.1, -0.05) is 13.3 Å². The molecular weight excluding hydrogens is 280 g/mol. The van der Waals surface area contributed by atoms with Gasteiger partial charge in [0.05, 0.1) is 4.88 Å². The Hall–Kier alpha value is -0.870. The summed E-state index contributed by atoms with van der Waals surface area (Å²) >= 11 is 1.73. The maximum absolute atomic E-state index is 12.8. The van der Waals surface area contributed by atoms with Crippen LogP contribution in [0.3, 0.4) is 0 Å². The van der Waals surface area contributed by atoms with Gasteiger partial charge in [0.15, 0.2) is 0 Å². The molecule has 1 atom stereocenters. The summed E-state index contributed by atoms with van der Waals surface area (Å²) in [6.07, 6.45) is 8.40. The van der Waals surface area contributed by atoms with Gasteiger partial charge in [-0.05, 0) is 56.7 Å². The molecule has 1 fully saturated rings. The van der Waals surface area contributed by atoms with Crippen molar-refractivity contribution in [1.29, 1.82) is 0 Å². The van der Waals surface area contributed by atoms with Gasteiger partial charge in [0.1, 0.15) is 0 Å². The quantitative estimate of drug-likeness (QED) is 0.906. The monoisotopic (exact) mass is 306 g/mol. The zero-order valence-electron chi connectivity index (χ0n) is 13.0. The number of hydrogen-bond acceptors (Lipinski definition) is 3. The minimum atomic E-state index is 0.253. The molecule has 0 saturated carbocycles. The molecule has 21 heavy (non-hydrogen) atoms. The predicted molar refractivity (Wildman–Crippen MR) is 88.2 cm³/mol. The van der Waals surface area contributed by atoms with Gasteiger partial charge < -0.3 is 10.2 Å². The van der Waals surface area contributed by atoms with E-state index in [1.165, 1.54) is 42.5 Å². The molecule has 0 spiro atoms. The van der Waals surface area contributed by atoms with Gasteiger partial charge >= 0.3 is 0 Å².